The van der Waals surface area contributed by atoms with Gasteiger partial charge in [0.2, 0.25) is 0 Å². The van der Waals surface area contributed by atoms with E-state index in [2.05, 4.69) is 15.9 Å². The van der Waals surface area contributed by atoms with Crippen LogP contribution in [0.3, 0.4) is 0 Å². The molecule has 0 radical (unpaired) electrons. The molecule has 0 aliphatic rings. The molecule has 1 rings (SSSR count). The van der Waals surface area contributed by atoms with Gasteiger partial charge in [0.1, 0.15) is 0 Å². The zero-order chi connectivity index (χ0) is 11.3. The summed E-state index contributed by atoms with van der Waals surface area (Å²) in [6, 6.07) is 8.08. The average Bonchev–Trinajstić information content (AvgIpc) is 2.16. The Morgan fingerprint density at radius 2 is 1.73 bits per heavy atom. The smallest absolute Gasteiger partial charge is 0.155 e. The molecular weight excluding hydrogens is 256 g/mol. The van der Waals surface area contributed by atoms with Gasteiger partial charge in [-0.05, 0) is 38.5 Å². The SMILES string of the molecule is CC(C)OC(C)OCc1ccc(Br)cc1. The molecular formula is C12H17BrO2. The fourth-order valence-corrected chi connectivity index (χ4v) is 1.48. The van der Waals surface area contributed by atoms with E-state index < -0.39 is 0 Å². The van der Waals surface area contributed by atoms with Gasteiger partial charge in [-0.15, -0.1) is 0 Å². The van der Waals surface area contributed by atoms with Crippen LogP contribution in [0.4, 0.5) is 0 Å². The summed E-state index contributed by atoms with van der Waals surface area (Å²) in [5, 5.41) is 0. The molecule has 1 unspecified atom stereocenters. The van der Waals surface area contributed by atoms with E-state index in [-0.39, 0.29) is 12.4 Å². The fraction of sp³-hybridized carbons (Fsp3) is 0.500. The highest BCUT2D eigenvalue weighted by atomic mass is 79.9. The van der Waals surface area contributed by atoms with Gasteiger partial charge in [-0.2, -0.15) is 0 Å². The summed E-state index contributed by atoms with van der Waals surface area (Å²) >= 11 is 3.39. The molecule has 1 aromatic rings. The van der Waals surface area contributed by atoms with Gasteiger partial charge in [0.05, 0.1) is 12.7 Å². The number of rotatable bonds is 5. The number of hydrogen-bond acceptors (Lipinski definition) is 2. The fourth-order valence-electron chi connectivity index (χ4n) is 1.22. The van der Waals surface area contributed by atoms with Crippen molar-refractivity contribution in [2.24, 2.45) is 0 Å². The zero-order valence-electron chi connectivity index (χ0n) is 9.37. The Labute approximate surface area is 99.7 Å². The Morgan fingerprint density at radius 3 is 2.27 bits per heavy atom. The second-order valence-corrected chi connectivity index (χ2v) is 4.61. The monoisotopic (exact) mass is 272 g/mol. The molecule has 0 aliphatic carbocycles. The minimum absolute atomic E-state index is 0.159. The van der Waals surface area contributed by atoms with Crippen molar-refractivity contribution in [2.45, 2.75) is 39.8 Å². The van der Waals surface area contributed by atoms with Gasteiger partial charge in [-0.1, -0.05) is 28.1 Å². The predicted octanol–water partition coefficient (Wildman–Crippen LogP) is 3.74. The molecule has 0 aliphatic heterocycles. The van der Waals surface area contributed by atoms with Gasteiger partial charge >= 0.3 is 0 Å². The first kappa shape index (κ1) is 12.7. The Balaban J connectivity index is 2.33. The second-order valence-electron chi connectivity index (χ2n) is 3.69. The van der Waals surface area contributed by atoms with Crippen LogP contribution >= 0.6 is 15.9 Å². The van der Waals surface area contributed by atoms with E-state index in [1.54, 1.807) is 0 Å². The molecule has 84 valence electrons. The molecule has 0 bridgehead atoms. The number of benzene rings is 1. The van der Waals surface area contributed by atoms with Gasteiger partial charge in [-0.3, -0.25) is 0 Å². The van der Waals surface area contributed by atoms with E-state index in [1.165, 1.54) is 0 Å². The first-order chi connectivity index (χ1) is 7.08. The highest BCUT2D eigenvalue weighted by molar-refractivity contribution is 9.10. The normalized spacial score (nSPS) is 13.1. The summed E-state index contributed by atoms with van der Waals surface area (Å²) in [6.07, 6.45) is 0.0403. The lowest BCUT2D eigenvalue weighted by Crippen LogP contribution is -2.17. The number of halogens is 1. The zero-order valence-corrected chi connectivity index (χ0v) is 11.0. The Morgan fingerprint density at radius 1 is 1.13 bits per heavy atom. The largest absolute Gasteiger partial charge is 0.350 e. The molecule has 0 spiro atoms. The lowest BCUT2D eigenvalue weighted by Gasteiger charge is -2.16. The maximum Gasteiger partial charge on any atom is 0.155 e. The van der Waals surface area contributed by atoms with Crippen LogP contribution in [0.15, 0.2) is 28.7 Å². The molecule has 0 fully saturated rings. The van der Waals surface area contributed by atoms with Gasteiger partial charge in [0, 0.05) is 4.47 Å². The van der Waals surface area contributed by atoms with Gasteiger partial charge in [0.15, 0.2) is 6.29 Å². The third-order valence-electron chi connectivity index (χ3n) is 1.86. The van der Waals surface area contributed by atoms with Crippen LogP contribution in [0.1, 0.15) is 26.3 Å². The topological polar surface area (TPSA) is 18.5 Å². The van der Waals surface area contributed by atoms with Crippen LogP contribution in [0.2, 0.25) is 0 Å². The maximum absolute atomic E-state index is 5.54. The van der Waals surface area contributed by atoms with Crippen LogP contribution < -0.4 is 0 Å². The summed E-state index contributed by atoms with van der Waals surface area (Å²) in [5.74, 6) is 0. The summed E-state index contributed by atoms with van der Waals surface area (Å²) < 4.78 is 12.1. The molecule has 0 aromatic heterocycles. The van der Waals surface area contributed by atoms with Gasteiger partial charge in [0.25, 0.3) is 0 Å². The van der Waals surface area contributed by atoms with Crippen LogP contribution in [0, 0.1) is 0 Å². The van der Waals surface area contributed by atoms with E-state index >= 15 is 0 Å². The molecule has 0 amide bonds. The molecule has 1 atom stereocenters. The minimum atomic E-state index is -0.159. The molecule has 0 heterocycles. The summed E-state index contributed by atoms with van der Waals surface area (Å²) in [6.45, 7) is 6.50. The summed E-state index contributed by atoms with van der Waals surface area (Å²) in [7, 11) is 0. The van der Waals surface area contributed by atoms with Crippen molar-refractivity contribution in [1.29, 1.82) is 0 Å². The lowest BCUT2D eigenvalue weighted by molar-refractivity contribution is -0.157. The van der Waals surface area contributed by atoms with Crippen LogP contribution in [0.25, 0.3) is 0 Å². The molecule has 1 aromatic carbocycles. The van der Waals surface area contributed by atoms with Crippen molar-refractivity contribution in [1.82, 2.24) is 0 Å². The number of hydrogen-bond donors (Lipinski definition) is 0. The van der Waals surface area contributed by atoms with Crippen molar-refractivity contribution in [3.63, 3.8) is 0 Å². The van der Waals surface area contributed by atoms with E-state index in [0.29, 0.717) is 6.61 Å². The molecule has 2 nitrogen and oxygen atoms in total. The standard InChI is InChI=1S/C12H17BrO2/c1-9(2)15-10(3)14-8-11-4-6-12(13)7-5-11/h4-7,9-10H,8H2,1-3H3. The first-order valence-corrected chi connectivity index (χ1v) is 5.88. The van der Waals surface area contributed by atoms with E-state index in [0.717, 1.165) is 10.0 Å². The quantitative estimate of drug-likeness (QED) is 0.761. The van der Waals surface area contributed by atoms with Crippen molar-refractivity contribution in [3.05, 3.63) is 34.3 Å². The van der Waals surface area contributed by atoms with Crippen molar-refractivity contribution in [2.75, 3.05) is 0 Å². The van der Waals surface area contributed by atoms with Crippen molar-refractivity contribution >= 4 is 15.9 Å². The summed E-state index contributed by atoms with van der Waals surface area (Å²) in [5.41, 5.74) is 1.15. The molecule has 15 heavy (non-hydrogen) atoms. The van der Waals surface area contributed by atoms with Gasteiger partial charge in [-0.25, -0.2) is 0 Å². The Bertz CT molecular complexity index is 282. The minimum Gasteiger partial charge on any atom is -0.350 e. The maximum atomic E-state index is 5.54. The van der Waals surface area contributed by atoms with Crippen LogP contribution in [-0.2, 0) is 16.1 Å². The van der Waals surface area contributed by atoms with Crippen LogP contribution in [-0.4, -0.2) is 12.4 Å². The summed E-state index contributed by atoms with van der Waals surface area (Å²) in [4.78, 5) is 0. The van der Waals surface area contributed by atoms with Crippen molar-refractivity contribution in [3.8, 4) is 0 Å². The third kappa shape index (κ3) is 5.30. The Hall–Kier alpha value is -0.380. The van der Waals surface area contributed by atoms with Crippen LogP contribution in [0.5, 0.6) is 0 Å². The van der Waals surface area contributed by atoms with Gasteiger partial charge < -0.3 is 9.47 Å². The van der Waals surface area contributed by atoms with E-state index in [1.807, 2.05) is 45.0 Å². The molecule has 3 heteroatoms. The highest BCUT2D eigenvalue weighted by Gasteiger charge is 2.04. The highest BCUT2D eigenvalue weighted by Crippen LogP contribution is 2.12. The molecule has 0 saturated carbocycles. The van der Waals surface area contributed by atoms with Crippen molar-refractivity contribution < 1.29 is 9.47 Å². The van der Waals surface area contributed by atoms with E-state index in [9.17, 15) is 0 Å². The molecule has 0 N–H and O–H groups in total. The number of ether oxygens (including phenoxy) is 2. The van der Waals surface area contributed by atoms with E-state index in [4.69, 9.17) is 9.47 Å². The average molecular weight is 273 g/mol. The lowest BCUT2D eigenvalue weighted by atomic mass is 10.2. The second kappa shape index (κ2) is 6.26. The third-order valence-corrected chi connectivity index (χ3v) is 2.39. The predicted molar refractivity (Wildman–Crippen MR) is 64.6 cm³/mol. The molecule has 0 saturated heterocycles. The first-order valence-electron chi connectivity index (χ1n) is 5.09. The Kier molecular flexibility index (Phi) is 5.29.